The summed E-state index contributed by atoms with van der Waals surface area (Å²) < 4.78 is 1.77. The van der Waals surface area contributed by atoms with E-state index in [0.29, 0.717) is 38.3 Å². The van der Waals surface area contributed by atoms with Crippen LogP contribution in [0, 0.1) is 11.3 Å². The molecule has 3 aliphatic heterocycles. The van der Waals surface area contributed by atoms with Gasteiger partial charge in [0.15, 0.2) is 5.01 Å². The molecule has 306 valence electrons. The molecular formula is C42H42N12O5S. The summed E-state index contributed by atoms with van der Waals surface area (Å²) in [5, 5.41) is 30.1. The molecule has 0 bridgehead atoms. The topological polar surface area (TPSA) is 202 Å². The smallest absolute Gasteiger partial charge is 0.262 e. The lowest BCUT2D eigenvalue weighted by atomic mass is 9.86. The van der Waals surface area contributed by atoms with E-state index in [9.17, 15) is 29.2 Å². The van der Waals surface area contributed by atoms with Crippen molar-refractivity contribution in [2.45, 2.75) is 56.5 Å². The highest BCUT2D eigenvalue weighted by molar-refractivity contribution is 7.14. The molecule has 1 saturated carbocycles. The first-order valence-corrected chi connectivity index (χ1v) is 20.9. The minimum Gasteiger partial charge on any atom is -0.387 e. The maximum absolute atomic E-state index is 13.5. The van der Waals surface area contributed by atoms with Gasteiger partial charge in [-0.2, -0.15) is 10.4 Å². The monoisotopic (exact) mass is 826 g/mol. The van der Waals surface area contributed by atoms with Crippen LogP contribution in [0.15, 0.2) is 54.9 Å². The van der Waals surface area contributed by atoms with Gasteiger partial charge < -0.3 is 15.1 Å². The highest BCUT2D eigenvalue weighted by atomic mass is 32.1. The standard InChI is InChI=1S/C42H42N12O5S/c1-44-32-19-33(34-10-8-28-17-24(20-43)21-46-54(28)34)45-22-31(32)40-49-48-39(60-40)25-3-5-26(6-4-25)50(2)37(56)23-51-13-15-52(16-14-51)27-7-9-29-30(18-27)42(59)53(41(29)58)35-11-12-36(55)47-38(35)57/h7-10,17-19,21-22,25-26,35H,3-6,11-16,23H2,1-2H3,(H,44,45)(H,47,55,57)/t25-,26-,35?. The number of nitriles is 1. The quantitative estimate of drug-likeness (QED) is 0.205. The Morgan fingerprint density at radius 2 is 1.72 bits per heavy atom. The van der Waals surface area contributed by atoms with Crippen molar-refractivity contribution in [3.05, 3.63) is 76.6 Å². The van der Waals surface area contributed by atoms with E-state index >= 15 is 0 Å². The molecule has 0 spiro atoms. The number of piperidine rings is 1. The van der Waals surface area contributed by atoms with E-state index in [-0.39, 0.29) is 41.8 Å². The van der Waals surface area contributed by atoms with Crippen LogP contribution in [-0.2, 0) is 14.4 Å². The Balaban J connectivity index is 0.765. The Kier molecular flexibility index (Phi) is 10.3. The van der Waals surface area contributed by atoms with Gasteiger partial charge in [-0.1, -0.05) is 11.3 Å². The lowest BCUT2D eigenvalue weighted by molar-refractivity contribution is -0.136. The third-order valence-corrected chi connectivity index (χ3v) is 13.4. The first kappa shape index (κ1) is 38.9. The number of anilines is 2. The van der Waals surface area contributed by atoms with Gasteiger partial charge in [0.2, 0.25) is 17.7 Å². The van der Waals surface area contributed by atoms with Crippen molar-refractivity contribution >= 4 is 57.8 Å². The average molecular weight is 827 g/mol. The average Bonchev–Trinajstić information content (AvgIpc) is 4.00. The zero-order valence-electron chi connectivity index (χ0n) is 33.1. The number of carbonyl (C=O) groups is 5. The number of aromatic nitrogens is 5. The summed E-state index contributed by atoms with van der Waals surface area (Å²) in [6.07, 6.45) is 7.11. The molecule has 2 saturated heterocycles. The van der Waals surface area contributed by atoms with Gasteiger partial charge in [0, 0.05) is 76.2 Å². The molecule has 18 heteroatoms. The molecular weight excluding hydrogens is 785 g/mol. The molecule has 4 aromatic heterocycles. The van der Waals surface area contributed by atoms with E-state index in [4.69, 9.17) is 4.98 Å². The largest absolute Gasteiger partial charge is 0.387 e. The summed E-state index contributed by atoms with van der Waals surface area (Å²) in [5.41, 5.74) is 5.91. The Hall–Kier alpha value is -6.58. The van der Waals surface area contributed by atoms with Crippen molar-refractivity contribution in [3.8, 4) is 28.0 Å². The summed E-state index contributed by atoms with van der Waals surface area (Å²) in [6, 6.07) is 14.0. The second-order valence-electron chi connectivity index (χ2n) is 15.7. The van der Waals surface area contributed by atoms with E-state index < -0.39 is 29.7 Å². The van der Waals surface area contributed by atoms with Crippen molar-refractivity contribution < 1.29 is 24.0 Å². The number of hydrogen-bond acceptors (Lipinski definition) is 14. The number of amides is 5. The molecule has 0 radical (unpaired) electrons. The molecule has 3 fully saturated rings. The number of piperazine rings is 1. The molecule has 4 aliphatic rings. The highest BCUT2D eigenvalue weighted by Gasteiger charge is 2.45. The number of fused-ring (bicyclic) bond motifs is 2. The van der Waals surface area contributed by atoms with Crippen LogP contribution in [0.4, 0.5) is 11.4 Å². The van der Waals surface area contributed by atoms with E-state index in [1.165, 1.54) is 0 Å². The lowest BCUT2D eigenvalue weighted by Gasteiger charge is -2.38. The molecule has 1 atom stereocenters. The third-order valence-electron chi connectivity index (χ3n) is 12.2. The van der Waals surface area contributed by atoms with Gasteiger partial charge in [-0.05, 0) is 74.6 Å². The number of likely N-dealkylation sites (N-methyl/N-ethyl adjacent to an activating group) is 1. The number of benzene rings is 1. The molecule has 1 aliphatic carbocycles. The summed E-state index contributed by atoms with van der Waals surface area (Å²) in [5.74, 6) is -1.74. The Morgan fingerprint density at radius 3 is 2.47 bits per heavy atom. The van der Waals surface area contributed by atoms with Crippen LogP contribution in [-0.4, -0.2) is 128 Å². The molecule has 17 nitrogen and oxygen atoms in total. The normalized spacial score (nSPS) is 20.9. The van der Waals surface area contributed by atoms with E-state index in [2.05, 4.69) is 41.8 Å². The zero-order valence-corrected chi connectivity index (χ0v) is 33.9. The second kappa shape index (κ2) is 15.9. The predicted molar refractivity (Wildman–Crippen MR) is 221 cm³/mol. The Bertz CT molecular complexity index is 2600. The zero-order chi connectivity index (χ0) is 41.7. The van der Waals surface area contributed by atoms with Gasteiger partial charge in [-0.15, -0.1) is 10.2 Å². The van der Waals surface area contributed by atoms with Crippen LogP contribution in [0.1, 0.15) is 75.7 Å². The number of carbonyl (C=O) groups excluding carboxylic acids is 5. The number of rotatable bonds is 9. The first-order chi connectivity index (χ1) is 29.1. The van der Waals surface area contributed by atoms with Crippen LogP contribution < -0.4 is 15.5 Å². The van der Waals surface area contributed by atoms with Crippen LogP contribution in [0.3, 0.4) is 0 Å². The molecule has 5 amide bonds. The minimum atomic E-state index is -1.00. The second-order valence-corrected chi connectivity index (χ2v) is 16.7. The fourth-order valence-electron chi connectivity index (χ4n) is 8.77. The molecule has 5 aromatic rings. The number of pyridine rings is 1. The van der Waals surface area contributed by atoms with Gasteiger partial charge in [0.05, 0.1) is 51.9 Å². The Morgan fingerprint density at radius 1 is 0.933 bits per heavy atom. The van der Waals surface area contributed by atoms with Crippen molar-refractivity contribution in [3.63, 3.8) is 0 Å². The number of imide groups is 2. The van der Waals surface area contributed by atoms with E-state index in [0.717, 1.165) is 74.4 Å². The van der Waals surface area contributed by atoms with Crippen molar-refractivity contribution in [2.24, 2.45) is 0 Å². The van der Waals surface area contributed by atoms with E-state index in [1.54, 1.807) is 40.2 Å². The summed E-state index contributed by atoms with van der Waals surface area (Å²) in [6.45, 7) is 2.94. The van der Waals surface area contributed by atoms with Gasteiger partial charge in [0.1, 0.15) is 17.1 Å². The summed E-state index contributed by atoms with van der Waals surface area (Å²) >= 11 is 1.58. The highest BCUT2D eigenvalue weighted by Crippen LogP contribution is 2.40. The molecule has 1 aromatic carbocycles. The maximum atomic E-state index is 13.5. The number of hydrogen-bond donors (Lipinski definition) is 2. The van der Waals surface area contributed by atoms with Crippen molar-refractivity contribution in [1.29, 1.82) is 5.26 Å². The molecule has 1 unspecified atom stereocenters. The van der Waals surface area contributed by atoms with Crippen LogP contribution in [0.2, 0.25) is 0 Å². The summed E-state index contributed by atoms with van der Waals surface area (Å²) in [4.78, 5) is 76.0. The predicted octanol–water partition coefficient (Wildman–Crippen LogP) is 3.54. The summed E-state index contributed by atoms with van der Waals surface area (Å²) in [7, 11) is 3.77. The third kappa shape index (κ3) is 7.13. The molecule has 60 heavy (non-hydrogen) atoms. The minimum absolute atomic E-state index is 0.0702. The first-order valence-electron chi connectivity index (χ1n) is 20.1. The van der Waals surface area contributed by atoms with Crippen LogP contribution >= 0.6 is 11.3 Å². The van der Waals surface area contributed by atoms with Gasteiger partial charge in [-0.3, -0.25) is 44.1 Å². The van der Waals surface area contributed by atoms with Gasteiger partial charge in [0.25, 0.3) is 11.8 Å². The SMILES string of the molecule is CNc1cc(-c2ccc3cc(C#N)cnn23)ncc1-c1nnc([C@H]2CC[C@H](N(C)C(=O)CN3CCN(c4ccc5c(c4)C(=O)N(C4CCC(=O)NC4=O)C5=O)CC3)CC2)s1. The Labute approximate surface area is 349 Å². The number of nitrogens with zero attached hydrogens (tertiary/aromatic N) is 10. The van der Waals surface area contributed by atoms with Crippen molar-refractivity contribution in [1.82, 2.24) is 44.8 Å². The lowest BCUT2D eigenvalue weighted by Crippen LogP contribution is -2.54. The van der Waals surface area contributed by atoms with Gasteiger partial charge in [-0.25, -0.2) is 4.52 Å². The van der Waals surface area contributed by atoms with Crippen molar-refractivity contribution in [2.75, 3.05) is 57.0 Å². The van der Waals surface area contributed by atoms with Crippen LogP contribution in [0.25, 0.3) is 27.5 Å². The maximum Gasteiger partial charge on any atom is 0.262 e. The van der Waals surface area contributed by atoms with Gasteiger partial charge >= 0.3 is 0 Å². The van der Waals surface area contributed by atoms with E-state index in [1.807, 2.05) is 49.5 Å². The fourth-order valence-corrected chi connectivity index (χ4v) is 9.81. The fraction of sp³-hybridized carbons (Fsp3) is 0.381. The number of nitrogens with one attached hydrogen (secondary N) is 2. The van der Waals surface area contributed by atoms with Crippen LogP contribution in [0.5, 0.6) is 0 Å². The molecule has 2 N–H and O–H groups in total. The molecule has 7 heterocycles. The molecule has 9 rings (SSSR count).